The van der Waals surface area contributed by atoms with E-state index in [2.05, 4.69) is 19.8 Å². The Labute approximate surface area is 101 Å². The molecule has 0 N–H and O–H groups in total. The first-order valence-electron chi connectivity index (χ1n) is 5.12. The van der Waals surface area contributed by atoms with Gasteiger partial charge in [0.2, 0.25) is 0 Å². The Morgan fingerprint density at radius 1 is 1.39 bits per heavy atom. The lowest BCUT2D eigenvalue weighted by Gasteiger charge is -1.99. The molecular formula is C11H8N4O3. The average Bonchev–Trinajstić information content (AvgIpc) is 3.05. The zero-order chi connectivity index (χ0) is 12.5. The Bertz CT molecular complexity index is 716. The molecule has 0 aliphatic heterocycles. The minimum atomic E-state index is -0.590. The first-order chi connectivity index (χ1) is 8.79. The van der Waals surface area contributed by atoms with E-state index in [-0.39, 0.29) is 5.82 Å². The summed E-state index contributed by atoms with van der Waals surface area (Å²) in [5, 5.41) is 4.80. The lowest BCUT2D eigenvalue weighted by Crippen LogP contribution is -2.05. The highest BCUT2D eigenvalue weighted by atomic mass is 16.5. The van der Waals surface area contributed by atoms with Gasteiger partial charge in [0, 0.05) is 6.20 Å². The summed E-state index contributed by atoms with van der Waals surface area (Å²) >= 11 is 0. The molecule has 0 spiro atoms. The molecule has 3 aromatic rings. The van der Waals surface area contributed by atoms with Crippen LogP contribution in [0.3, 0.4) is 0 Å². The van der Waals surface area contributed by atoms with Crippen LogP contribution in [0.15, 0.2) is 35.3 Å². The van der Waals surface area contributed by atoms with Gasteiger partial charge in [-0.1, -0.05) is 0 Å². The molecule has 3 rings (SSSR count). The fourth-order valence-electron chi connectivity index (χ4n) is 1.61. The quantitative estimate of drug-likeness (QED) is 0.630. The molecule has 0 aromatic carbocycles. The summed E-state index contributed by atoms with van der Waals surface area (Å²) in [5.74, 6) is -0.0585. The largest absolute Gasteiger partial charge is 0.464 e. The first kappa shape index (κ1) is 10.5. The number of ether oxygens (including phenoxy) is 1. The number of pyridine rings is 1. The van der Waals surface area contributed by atoms with Crippen LogP contribution in [0.5, 0.6) is 0 Å². The molecule has 0 atom stereocenters. The maximum atomic E-state index is 11.3. The number of fused-ring (bicyclic) bond motifs is 1. The molecule has 0 saturated heterocycles. The second kappa shape index (κ2) is 3.95. The predicted molar refractivity (Wildman–Crippen MR) is 60.3 cm³/mol. The van der Waals surface area contributed by atoms with Gasteiger partial charge < -0.3 is 9.15 Å². The topological polar surface area (TPSA) is 83.0 Å². The van der Waals surface area contributed by atoms with Gasteiger partial charge in [-0.15, -0.1) is 5.10 Å². The van der Waals surface area contributed by atoms with Gasteiger partial charge in [0.05, 0.1) is 18.8 Å². The lowest BCUT2D eigenvalue weighted by atomic mass is 10.3. The van der Waals surface area contributed by atoms with E-state index in [0.29, 0.717) is 11.4 Å². The smallest absolute Gasteiger partial charge is 0.377 e. The molecule has 0 aliphatic rings. The molecule has 0 unspecified atom stereocenters. The number of carbonyl (C=O) groups excluding carboxylic acids is 1. The Morgan fingerprint density at radius 3 is 3.11 bits per heavy atom. The van der Waals surface area contributed by atoms with Crippen LogP contribution < -0.4 is 0 Å². The summed E-state index contributed by atoms with van der Waals surface area (Å²) in [7, 11) is 1.28. The van der Waals surface area contributed by atoms with E-state index in [1.165, 1.54) is 18.1 Å². The van der Waals surface area contributed by atoms with Crippen molar-refractivity contribution in [1.29, 1.82) is 0 Å². The summed E-state index contributed by atoms with van der Waals surface area (Å²) in [6.45, 7) is 0. The molecule has 0 aliphatic carbocycles. The van der Waals surface area contributed by atoms with E-state index in [4.69, 9.17) is 4.42 Å². The number of carbonyl (C=O) groups is 1. The Morgan fingerprint density at radius 2 is 2.28 bits per heavy atom. The standard InChI is InChI=1S/C11H8N4O3/c1-17-11(16)9-13-6-15(14-9)10-7-3-5-18-8(7)2-4-12-10/h2-6H,1H3. The third-order valence-electron chi connectivity index (χ3n) is 2.44. The van der Waals surface area contributed by atoms with Gasteiger partial charge in [-0.05, 0) is 12.1 Å². The van der Waals surface area contributed by atoms with Gasteiger partial charge in [0.15, 0.2) is 5.82 Å². The zero-order valence-electron chi connectivity index (χ0n) is 9.40. The number of hydrogen-bond acceptors (Lipinski definition) is 6. The van der Waals surface area contributed by atoms with Crippen LogP contribution in [0, 0.1) is 0 Å². The molecule has 3 heterocycles. The molecule has 7 nitrogen and oxygen atoms in total. The van der Waals surface area contributed by atoms with Gasteiger partial charge in [0.25, 0.3) is 5.82 Å². The molecule has 0 amide bonds. The predicted octanol–water partition coefficient (Wildman–Crippen LogP) is 1.20. The van der Waals surface area contributed by atoms with E-state index >= 15 is 0 Å². The van der Waals surface area contributed by atoms with E-state index in [1.54, 1.807) is 24.6 Å². The third-order valence-corrected chi connectivity index (χ3v) is 2.44. The van der Waals surface area contributed by atoms with Crippen molar-refractivity contribution >= 4 is 16.9 Å². The minimum absolute atomic E-state index is 0.0141. The number of aromatic nitrogens is 4. The summed E-state index contributed by atoms with van der Waals surface area (Å²) in [6, 6.07) is 3.52. The zero-order valence-corrected chi connectivity index (χ0v) is 9.40. The third kappa shape index (κ3) is 1.53. The Balaban J connectivity index is 2.12. The number of furan rings is 1. The van der Waals surface area contributed by atoms with Crippen molar-refractivity contribution < 1.29 is 13.9 Å². The molecule has 90 valence electrons. The second-order valence-corrected chi connectivity index (χ2v) is 3.47. The number of methoxy groups -OCH3 is 1. The fraction of sp³-hybridized carbons (Fsp3) is 0.0909. The molecule has 0 radical (unpaired) electrons. The van der Waals surface area contributed by atoms with Crippen molar-refractivity contribution in [3.63, 3.8) is 0 Å². The Hall–Kier alpha value is -2.70. The van der Waals surface area contributed by atoms with Crippen LogP contribution in [-0.4, -0.2) is 32.8 Å². The van der Waals surface area contributed by atoms with E-state index in [9.17, 15) is 4.79 Å². The van der Waals surface area contributed by atoms with Crippen LogP contribution in [-0.2, 0) is 4.74 Å². The number of nitrogens with zero attached hydrogens (tertiary/aromatic N) is 4. The van der Waals surface area contributed by atoms with E-state index < -0.39 is 5.97 Å². The maximum Gasteiger partial charge on any atom is 0.377 e. The fourth-order valence-corrected chi connectivity index (χ4v) is 1.61. The molecule has 0 fully saturated rings. The highest BCUT2D eigenvalue weighted by molar-refractivity contribution is 5.86. The molecule has 0 bridgehead atoms. The van der Waals surface area contributed by atoms with Gasteiger partial charge in [0.1, 0.15) is 11.9 Å². The summed E-state index contributed by atoms with van der Waals surface area (Å²) in [5.41, 5.74) is 0.690. The van der Waals surface area contributed by atoms with Gasteiger partial charge >= 0.3 is 5.97 Å². The van der Waals surface area contributed by atoms with Gasteiger partial charge in [-0.25, -0.2) is 19.4 Å². The van der Waals surface area contributed by atoms with Crippen LogP contribution in [0.2, 0.25) is 0 Å². The maximum absolute atomic E-state index is 11.3. The summed E-state index contributed by atoms with van der Waals surface area (Å²) in [6.07, 6.45) is 4.57. The van der Waals surface area contributed by atoms with E-state index in [1.807, 2.05) is 0 Å². The molecule has 7 heteroatoms. The summed E-state index contributed by atoms with van der Waals surface area (Å²) in [4.78, 5) is 19.3. The van der Waals surface area contributed by atoms with Gasteiger partial charge in [-0.3, -0.25) is 0 Å². The van der Waals surface area contributed by atoms with Crippen molar-refractivity contribution in [3.05, 3.63) is 36.7 Å². The summed E-state index contributed by atoms with van der Waals surface area (Å²) < 4.78 is 11.2. The number of rotatable bonds is 2. The minimum Gasteiger partial charge on any atom is -0.464 e. The van der Waals surface area contributed by atoms with Crippen LogP contribution in [0.4, 0.5) is 0 Å². The number of hydrogen-bond donors (Lipinski definition) is 0. The van der Waals surface area contributed by atoms with Crippen molar-refractivity contribution in [2.75, 3.05) is 7.11 Å². The van der Waals surface area contributed by atoms with Crippen molar-refractivity contribution in [1.82, 2.24) is 19.7 Å². The molecule has 0 saturated carbocycles. The monoisotopic (exact) mass is 244 g/mol. The highest BCUT2D eigenvalue weighted by Crippen LogP contribution is 2.20. The second-order valence-electron chi connectivity index (χ2n) is 3.47. The average molecular weight is 244 g/mol. The first-order valence-corrected chi connectivity index (χ1v) is 5.12. The van der Waals surface area contributed by atoms with Gasteiger partial charge in [-0.2, -0.15) is 0 Å². The SMILES string of the molecule is COC(=O)c1ncn(-c2nccc3occc23)n1. The van der Waals surface area contributed by atoms with Crippen LogP contribution in [0.25, 0.3) is 16.8 Å². The highest BCUT2D eigenvalue weighted by Gasteiger charge is 2.14. The van der Waals surface area contributed by atoms with Crippen molar-refractivity contribution in [2.45, 2.75) is 0 Å². The van der Waals surface area contributed by atoms with Crippen LogP contribution >= 0.6 is 0 Å². The normalized spacial score (nSPS) is 10.7. The lowest BCUT2D eigenvalue weighted by molar-refractivity contribution is 0.0587. The Kier molecular flexibility index (Phi) is 2.30. The number of esters is 1. The molecular weight excluding hydrogens is 236 g/mol. The van der Waals surface area contributed by atoms with E-state index in [0.717, 1.165) is 5.39 Å². The van der Waals surface area contributed by atoms with Crippen molar-refractivity contribution in [2.24, 2.45) is 0 Å². The molecule has 18 heavy (non-hydrogen) atoms. The van der Waals surface area contributed by atoms with Crippen LogP contribution in [0.1, 0.15) is 10.6 Å². The molecule has 3 aromatic heterocycles. The van der Waals surface area contributed by atoms with Crippen molar-refractivity contribution in [3.8, 4) is 5.82 Å².